The van der Waals surface area contributed by atoms with Crippen LogP contribution in [0, 0.1) is 12.8 Å². The van der Waals surface area contributed by atoms with E-state index in [0.717, 1.165) is 37.6 Å². The molecule has 138 valence electrons. The molecule has 7 nitrogen and oxygen atoms in total. The summed E-state index contributed by atoms with van der Waals surface area (Å²) in [4.78, 5) is 21.7. The summed E-state index contributed by atoms with van der Waals surface area (Å²) in [5.74, 6) is 1.02. The smallest absolute Gasteiger partial charge is 0.230 e. The van der Waals surface area contributed by atoms with E-state index in [1.54, 1.807) is 0 Å². The number of fused-ring (bicyclic) bond motifs is 3. The second-order valence-electron chi connectivity index (χ2n) is 7.23. The number of pyridine rings is 1. The number of ether oxygens (including phenoxy) is 1. The lowest BCUT2D eigenvalue weighted by atomic mass is 10.1. The van der Waals surface area contributed by atoms with Crippen LogP contribution in [0.2, 0.25) is 0 Å². The third-order valence-corrected chi connectivity index (χ3v) is 4.98. The van der Waals surface area contributed by atoms with Crippen LogP contribution in [0.3, 0.4) is 0 Å². The van der Waals surface area contributed by atoms with Gasteiger partial charge in [0.05, 0.1) is 37.1 Å². The summed E-state index contributed by atoms with van der Waals surface area (Å²) in [5.41, 5.74) is 1.86. The number of hydrogen-bond acceptors (Lipinski definition) is 6. The molecule has 0 N–H and O–H groups in total. The van der Waals surface area contributed by atoms with Crippen LogP contribution in [-0.4, -0.2) is 64.7 Å². The topological polar surface area (TPSA) is 71.7 Å². The Morgan fingerprint density at radius 3 is 2.96 bits per heavy atom. The van der Waals surface area contributed by atoms with Crippen LogP contribution in [-0.2, 0) is 22.5 Å². The van der Waals surface area contributed by atoms with Gasteiger partial charge in [-0.2, -0.15) is 0 Å². The summed E-state index contributed by atoms with van der Waals surface area (Å²) in [6.45, 7) is 6.38. The molecule has 0 saturated carbocycles. The molecule has 2 aliphatic heterocycles. The van der Waals surface area contributed by atoms with Crippen LogP contribution in [0.15, 0.2) is 35.0 Å². The maximum absolute atomic E-state index is 12.9. The highest BCUT2D eigenvalue weighted by Crippen LogP contribution is 2.22. The zero-order chi connectivity index (χ0) is 17.9. The molecule has 1 amide bonds. The fraction of sp³-hybridized carbons (Fsp3) is 0.526. The Balaban J connectivity index is 1.46. The lowest BCUT2D eigenvalue weighted by Crippen LogP contribution is -2.47. The summed E-state index contributed by atoms with van der Waals surface area (Å²) >= 11 is 0. The van der Waals surface area contributed by atoms with E-state index >= 15 is 0 Å². The summed E-state index contributed by atoms with van der Waals surface area (Å²) in [6.07, 6.45) is 2.08. The highest BCUT2D eigenvalue weighted by atomic mass is 16.5. The summed E-state index contributed by atoms with van der Waals surface area (Å²) in [5, 5.41) is 3.87. The van der Waals surface area contributed by atoms with Crippen LogP contribution >= 0.6 is 0 Å². The first-order chi connectivity index (χ1) is 12.7. The highest BCUT2D eigenvalue weighted by molar-refractivity contribution is 5.78. The zero-order valence-corrected chi connectivity index (χ0v) is 15.0. The molecule has 4 rings (SSSR count). The van der Waals surface area contributed by atoms with Gasteiger partial charge in [0.1, 0.15) is 5.76 Å². The van der Waals surface area contributed by atoms with Crippen molar-refractivity contribution >= 4 is 5.91 Å². The van der Waals surface area contributed by atoms with E-state index < -0.39 is 0 Å². The number of aryl methyl sites for hydroxylation is 1. The average molecular weight is 356 g/mol. The van der Waals surface area contributed by atoms with Crippen LogP contribution in [0.5, 0.6) is 0 Å². The third-order valence-electron chi connectivity index (χ3n) is 4.98. The van der Waals surface area contributed by atoms with Gasteiger partial charge in [0.2, 0.25) is 5.91 Å². The molecule has 2 fully saturated rings. The van der Waals surface area contributed by atoms with Gasteiger partial charge in [0, 0.05) is 44.4 Å². The van der Waals surface area contributed by atoms with Crippen molar-refractivity contribution < 1.29 is 14.1 Å². The summed E-state index contributed by atoms with van der Waals surface area (Å²) in [7, 11) is 0. The molecule has 7 heteroatoms. The molecule has 0 spiro atoms. The highest BCUT2D eigenvalue weighted by Gasteiger charge is 2.36. The molecule has 0 aromatic carbocycles. The first-order valence-electron chi connectivity index (χ1n) is 9.09. The Hall–Kier alpha value is -2.25. The quantitative estimate of drug-likeness (QED) is 0.822. The molecular formula is C19H24N4O3. The fourth-order valence-electron chi connectivity index (χ4n) is 3.85. The van der Waals surface area contributed by atoms with Crippen molar-refractivity contribution in [2.75, 3.05) is 32.8 Å². The third kappa shape index (κ3) is 3.94. The zero-order valence-electron chi connectivity index (χ0n) is 15.0. The van der Waals surface area contributed by atoms with Crippen molar-refractivity contribution in [2.24, 2.45) is 5.92 Å². The SMILES string of the molecule is Cc1cc(CC(=O)N2C[C@H]3COC[C@@H]2CN(Cc2ccccn2)C3)on1. The lowest BCUT2D eigenvalue weighted by molar-refractivity contribution is -0.133. The van der Waals surface area contributed by atoms with Crippen molar-refractivity contribution in [1.82, 2.24) is 19.9 Å². The van der Waals surface area contributed by atoms with Gasteiger partial charge in [-0.15, -0.1) is 0 Å². The van der Waals surface area contributed by atoms with Crippen LogP contribution in [0.25, 0.3) is 0 Å². The number of hydrogen-bond donors (Lipinski definition) is 0. The molecule has 2 aliphatic rings. The maximum Gasteiger partial charge on any atom is 0.230 e. The second-order valence-corrected chi connectivity index (χ2v) is 7.23. The normalized spacial score (nSPS) is 23.7. The molecule has 4 heterocycles. The van der Waals surface area contributed by atoms with E-state index in [9.17, 15) is 4.79 Å². The minimum atomic E-state index is 0.0581. The molecule has 2 saturated heterocycles. The predicted octanol–water partition coefficient (Wildman–Crippen LogP) is 1.28. The molecule has 2 bridgehead atoms. The Morgan fingerprint density at radius 2 is 2.19 bits per heavy atom. The molecule has 2 atom stereocenters. The molecule has 2 aromatic heterocycles. The molecule has 26 heavy (non-hydrogen) atoms. The van der Waals surface area contributed by atoms with Gasteiger partial charge >= 0.3 is 0 Å². The van der Waals surface area contributed by atoms with E-state index in [1.165, 1.54) is 0 Å². The van der Waals surface area contributed by atoms with E-state index in [1.807, 2.05) is 42.3 Å². The largest absolute Gasteiger partial charge is 0.379 e. The molecule has 0 aliphatic carbocycles. The first kappa shape index (κ1) is 17.2. The van der Waals surface area contributed by atoms with Gasteiger partial charge < -0.3 is 14.2 Å². The van der Waals surface area contributed by atoms with E-state index in [2.05, 4.69) is 15.0 Å². The van der Waals surface area contributed by atoms with Gasteiger partial charge in [-0.3, -0.25) is 14.7 Å². The minimum Gasteiger partial charge on any atom is -0.379 e. The number of rotatable bonds is 4. The average Bonchev–Trinajstić information content (AvgIpc) is 2.82. The van der Waals surface area contributed by atoms with Gasteiger partial charge in [-0.1, -0.05) is 11.2 Å². The van der Waals surface area contributed by atoms with Crippen LogP contribution in [0.4, 0.5) is 0 Å². The Morgan fingerprint density at radius 1 is 1.27 bits per heavy atom. The molecular weight excluding hydrogens is 332 g/mol. The Labute approximate surface area is 152 Å². The summed E-state index contributed by atoms with van der Waals surface area (Å²) < 4.78 is 11.0. The lowest BCUT2D eigenvalue weighted by Gasteiger charge is -2.31. The van der Waals surface area contributed by atoms with E-state index in [-0.39, 0.29) is 18.4 Å². The number of amides is 1. The van der Waals surface area contributed by atoms with Crippen molar-refractivity contribution in [1.29, 1.82) is 0 Å². The first-order valence-corrected chi connectivity index (χ1v) is 9.09. The monoisotopic (exact) mass is 356 g/mol. The van der Waals surface area contributed by atoms with Gasteiger partial charge in [0.15, 0.2) is 0 Å². The number of aromatic nitrogens is 2. The maximum atomic E-state index is 12.9. The minimum absolute atomic E-state index is 0.0581. The van der Waals surface area contributed by atoms with Crippen molar-refractivity contribution in [2.45, 2.75) is 25.9 Å². The van der Waals surface area contributed by atoms with Gasteiger partial charge in [-0.25, -0.2) is 0 Å². The standard InChI is InChI=1S/C19H24N4O3/c1-14-6-18(26-21-14)7-19(24)23-9-15-8-22(11-17(23)13-25-12-15)10-16-4-2-3-5-20-16/h2-6,15,17H,7-13H2,1H3/t15-,17-/m0/s1. The molecule has 0 radical (unpaired) electrons. The predicted molar refractivity (Wildman–Crippen MR) is 94.3 cm³/mol. The summed E-state index contributed by atoms with van der Waals surface area (Å²) in [6, 6.07) is 7.88. The Bertz CT molecular complexity index is 748. The van der Waals surface area contributed by atoms with E-state index in [4.69, 9.17) is 9.26 Å². The van der Waals surface area contributed by atoms with Gasteiger partial charge in [-0.05, 0) is 19.1 Å². The molecule has 0 unspecified atom stereocenters. The number of carbonyl (C=O) groups is 1. The second kappa shape index (κ2) is 7.55. The Kier molecular flexibility index (Phi) is 4.99. The molecule has 2 aromatic rings. The van der Waals surface area contributed by atoms with Crippen molar-refractivity contribution in [3.8, 4) is 0 Å². The van der Waals surface area contributed by atoms with Gasteiger partial charge in [0.25, 0.3) is 0 Å². The van der Waals surface area contributed by atoms with Crippen LogP contribution < -0.4 is 0 Å². The van der Waals surface area contributed by atoms with Crippen molar-refractivity contribution in [3.63, 3.8) is 0 Å². The number of nitrogens with zero attached hydrogens (tertiary/aromatic N) is 4. The van der Waals surface area contributed by atoms with E-state index in [0.29, 0.717) is 24.9 Å². The fourth-order valence-corrected chi connectivity index (χ4v) is 3.85. The number of carbonyl (C=O) groups excluding carboxylic acids is 1. The van der Waals surface area contributed by atoms with Crippen LogP contribution in [0.1, 0.15) is 17.1 Å². The van der Waals surface area contributed by atoms with Crippen molar-refractivity contribution in [3.05, 3.63) is 47.6 Å².